The fourth-order valence-corrected chi connectivity index (χ4v) is 0.688. The summed E-state index contributed by atoms with van der Waals surface area (Å²) in [5.74, 6) is 0. The molecule has 1 aliphatic carbocycles. The van der Waals surface area contributed by atoms with Crippen molar-refractivity contribution in [2.24, 2.45) is 0 Å². The summed E-state index contributed by atoms with van der Waals surface area (Å²) in [6, 6.07) is 0. The van der Waals surface area contributed by atoms with E-state index < -0.39 is 0 Å². The standard InChI is InChI=1S/C5H10O.Li/c1-5(6)3-2-4-5;/h6H,2-4H2,1H3;/q;+1. The van der Waals surface area contributed by atoms with Crippen LogP contribution in [0.4, 0.5) is 0 Å². The second-order valence-electron chi connectivity index (χ2n) is 2.35. The Balaban J connectivity index is 0.000000360. The molecular weight excluding hydrogens is 83.0 g/mol. The van der Waals surface area contributed by atoms with Crippen molar-refractivity contribution in [1.82, 2.24) is 0 Å². The van der Waals surface area contributed by atoms with E-state index in [0.29, 0.717) is 0 Å². The van der Waals surface area contributed by atoms with Gasteiger partial charge in [-0.3, -0.25) is 0 Å². The summed E-state index contributed by atoms with van der Waals surface area (Å²) < 4.78 is 0. The maximum Gasteiger partial charge on any atom is 1.00 e. The summed E-state index contributed by atoms with van der Waals surface area (Å²) in [5, 5.41) is 8.91. The molecule has 0 atom stereocenters. The molecule has 0 heterocycles. The van der Waals surface area contributed by atoms with E-state index in [4.69, 9.17) is 5.11 Å². The molecule has 1 saturated carbocycles. The van der Waals surface area contributed by atoms with Crippen molar-refractivity contribution in [2.75, 3.05) is 0 Å². The van der Waals surface area contributed by atoms with Crippen molar-refractivity contribution in [3.63, 3.8) is 0 Å². The molecule has 0 unspecified atom stereocenters. The maximum atomic E-state index is 8.91. The van der Waals surface area contributed by atoms with E-state index >= 15 is 0 Å². The molecule has 0 spiro atoms. The van der Waals surface area contributed by atoms with Crippen LogP contribution in [0.2, 0.25) is 0 Å². The second-order valence-corrected chi connectivity index (χ2v) is 2.35. The Kier molecular flexibility index (Phi) is 2.39. The van der Waals surface area contributed by atoms with Gasteiger partial charge in [0.1, 0.15) is 0 Å². The Morgan fingerprint density at radius 3 is 1.71 bits per heavy atom. The van der Waals surface area contributed by atoms with Gasteiger partial charge in [-0.2, -0.15) is 0 Å². The quantitative estimate of drug-likeness (QED) is 0.341. The van der Waals surface area contributed by atoms with Crippen molar-refractivity contribution in [2.45, 2.75) is 31.8 Å². The average molecular weight is 93.1 g/mol. The first kappa shape index (κ1) is 7.56. The fourth-order valence-electron chi connectivity index (χ4n) is 0.688. The van der Waals surface area contributed by atoms with Crippen molar-refractivity contribution < 1.29 is 24.0 Å². The molecule has 1 nitrogen and oxygen atoms in total. The molecule has 1 N–H and O–H groups in total. The molecule has 0 bridgehead atoms. The zero-order valence-electron chi connectivity index (χ0n) is 5.07. The molecule has 0 aliphatic heterocycles. The van der Waals surface area contributed by atoms with Gasteiger partial charge in [-0.1, -0.05) is 0 Å². The molecule has 0 aromatic heterocycles. The molecule has 0 aromatic carbocycles. The van der Waals surface area contributed by atoms with Crippen LogP contribution in [0.1, 0.15) is 26.2 Å². The minimum Gasteiger partial charge on any atom is -0.390 e. The monoisotopic (exact) mass is 93.1 g/mol. The van der Waals surface area contributed by atoms with Crippen LogP contribution in [0.25, 0.3) is 0 Å². The third-order valence-electron chi connectivity index (χ3n) is 1.43. The van der Waals surface area contributed by atoms with Gasteiger partial charge in [0, 0.05) is 0 Å². The first-order valence-electron chi connectivity index (χ1n) is 2.43. The van der Waals surface area contributed by atoms with Crippen molar-refractivity contribution in [3.05, 3.63) is 0 Å². The first-order valence-corrected chi connectivity index (χ1v) is 2.43. The number of hydrogen-bond acceptors (Lipinski definition) is 1. The normalized spacial score (nSPS) is 24.9. The van der Waals surface area contributed by atoms with E-state index in [1.165, 1.54) is 6.42 Å². The average Bonchev–Trinajstić information content (AvgIpc) is 1.32. The fraction of sp³-hybridized carbons (Fsp3) is 1.00. The molecule has 0 amide bonds. The van der Waals surface area contributed by atoms with Crippen LogP contribution in [0.5, 0.6) is 0 Å². The summed E-state index contributed by atoms with van der Waals surface area (Å²) in [6.45, 7) is 1.89. The van der Waals surface area contributed by atoms with Crippen LogP contribution < -0.4 is 18.9 Å². The molecule has 0 aromatic rings. The van der Waals surface area contributed by atoms with E-state index in [-0.39, 0.29) is 24.5 Å². The molecule has 0 radical (unpaired) electrons. The Labute approximate surface area is 56.3 Å². The van der Waals surface area contributed by atoms with Gasteiger partial charge in [0.2, 0.25) is 0 Å². The van der Waals surface area contributed by atoms with Gasteiger partial charge in [0.15, 0.2) is 0 Å². The minimum atomic E-state index is -0.278. The summed E-state index contributed by atoms with van der Waals surface area (Å²) in [4.78, 5) is 0. The molecule has 1 aliphatic rings. The Hall–Kier alpha value is 0.557. The van der Waals surface area contributed by atoms with Gasteiger partial charge in [-0.15, -0.1) is 0 Å². The largest absolute Gasteiger partial charge is 1.00 e. The zero-order chi connectivity index (χ0) is 4.62. The molecule has 1 rings (SSSR count). The summed E-state index contributed by atoms with van der Waals surface area (Å²) in [6.07, 6.45) is 3.23. The molecule has 36 valence electrons. The Bertz CT molecular complexity index is 55.1. The van der Waals surface area contributed by atoms with Crippen molar-refractivity contribution in [3.8, 4) is 0 Å². The SMILES string of the molecule is CC1(O)CCC1.[Li+]. The van der Waals surface area contributed by atoms with Crippen LogP contribution in [-0.2, 0) is 0 Å². The molecule has 1 fully saturated rings. The molecule has 7 heavy (non-hydrogen) atoms. The van der Waals surface area contributed by atoms with Crippen LogP contribution in [0.15, 0.2) is 0 Å². The van der Waals surface area contributed by atoms with Gasteiger partial charge in [-0.05, 0) is 26.2 Å². The second kappa shape index (κ2) is 2.22. The van der Waals surface area contributed by atoms with E-state index in [1.807, 2.05) is 6.92 Å². The minimum absolute atomic E-state index is 0. The number of rotatable bonds is 0. The van der Waals surface area contributed by atoms with Gasteiger partial charge >= 0.3 is 18.9 Å². The van der Waals surface area contributed by atoms with Gasteiger partial charge in [-0.25, -0.2) is 0 Å². The summed E-state index contributed by atoms with van der Waals surface area (Å²) in [5.41, 5.74) is -0.278. The van der Waals surface area contributed by atoms with Crippen LogP contribution in [-0.4, -0.2) is 10.7 Å². The molecule has 2 heteroatoms. The van der Waals surface area contributed by atoms with E-state index in [9.17, 15) is 0 Å². The molecule has 0 saturated heterocycles. The third-order valence-corrected chi connectivity index (χ3v) is 1.43. The van der Waals surface area contributed by atoms with Gasteiger partial charge in [0.05, 0.1) is 5.60 Å². The van der Waals surface area contributed by atoms with Crippen LogP contribution >= 0.6 is 0 Å². The Morgan fingerprint density at radius 1 is 1.43 bits per heavy atom. The number of hydrogen-bond donors (Lipinski definition) is 1. The van der Waals surface area contributed by atoms with Crippen molar-refractivity contribution >= 4 is 0 Å². The van der Waals surface area contributed by atoms with Gasteiger partial charge in [0.25, 0.3) is 0 Å². The Morgan fingerprint density at radius 2 is 1.71 bits per heavy atom. The van der Waals surface area contributed by atoms with E-state index in [1.54, 1.807) is 0 Å². The van der Waals surface area contributed by atoms with Crippen molar-refractivity contribution in [1.29, 1.82) is 0 Å². The van der Waals surface area contributed by atoms with E-state index in [0.717, 1.165) is 12.8 Å². The van der Waals surface area contributed by atoms with Gasteiger partial charge < -0.3 is 5.11 Å². The van der Waals surface area contributed by atoms with Crippen LogP contribution in [0, 0.1) is 0 Å². The zero-order valence-corrected chi connectivity index (χ0v) is 5.07. The maximum absolute atomic E-state index is 8.91. The smallest absolute Gasteiger partial charge is 0.390 e. The predicted octanol–water partition coefficient (Wildman–Crippen LogP) is -2.07. The summed E-state index contributed by atoms with van der Waals surface area (Å²) >= 11 is 0. The third kappa shape index (κ3) is 1.86. The van der Waals surface area contributed by atoms with Crippen LogP contribution in [0.3, 0.4) is 0 Å². The van der Waals surface area contributed by atoms with E-state index in [2.05, 4.69) is 0 Å². The predicted molar refractivity (Wildman–Crippen MR) is 24.5 cm³/mol. The number of aliphatic hydroxyl groups is 1. The summed E-state index contributed by atoms with van der Waals surface area (Å²) in [7, 11) is 0. The first-order chi connectivity index (χ1) is 2.71. The molecular formula is C5H10LiO+. The topological polar surface area (TPSA) is 20.2 Å².